The van der Waals surface area contributed by atoms with Crippen molar-refractivity contribution in [3.8, 4) is 0 Å². The first-order valence-corrected chi connectivity index (χ1v) is 10.9. The summed E-state index contributed by atoms with van der Waals surface area (Å²) in [7, 11) is 0. The number of halogens is 5. The Bertz CT molecular complexity index is 261. The number of hydrogen-bond acceptors (Lipinski definition) is 4. The van der Waals surface area contributed by atoms with Crippen LogP contribution in [0.25, 0.3) is 0 Å². The van der Waals surface area contributed by atoms with E-state index in [0.717, 1.165) is 0 Å². The number of hydrogen-bond donors (Lipinski definition) is 3. The van der Waals surface area contributed by atoms with Crippen LogP contribution in [-0.4, -0.2) is 55.7 Å². The summed E-state index contributed by atoms with van der Waals surface area (Å²) in [5.74, 6) is 0. The molecule has 3 N–H and O–H groups in total. The van der Waals surface area contributed by atoms with Crippen LogP contribution in [0.4, 0.5) is 12.4 Å². The van der Waals surface area contributed by atoms with Gasteiger partial charge in [0.15, 0.2) is 0 Å². The molecule has 0 spiro atoms. The fraction of sp³-hybridized carbons (Fsp3) is 1.00. The topological polar surface area (TPSA) is 39.3 Å². The van der Waals surface area contributed by atoms with Gasteiger partial charge in [0.2, 0.25) is 0 Å². The summed E-state index contributed by atoms with van der Waals surface area (Å²) in [5.41, 5.74) is 0. The van der Waals surface area contributed by atoms with E-state index in [-0.39, 0.29) is 47.2 Å². The van der Waals surface area contributed by atoms with E-state index in [1.807, 2.05) is 0 Å². The Morgan fingerprint density at radius 1 is 0.737 bits per heavy atom. The van der Waals surface area contributed by atoms with E-state index in [1.165, 1.54) is 0 Å². The minimum atomic E-state index is -8.89. The molecule has 0 aliphatic carbocycles. The Labute approximate surface area is 118 Å². The normalized spacial score (nSPS) is 25.1. The molecule has 0 atom stereocenters. The summed E-state index contributed by atoms with van der Waals surface area (Å²) in [5, 5.41) is 8.75. The fourth-order valence-corrected chi connectivity index (χ4v) is 3.93. The summed E-state index contributed by atoms with van der Waals surface area (Å²) in [6.07, 6.45) is 0. The maximum atomic E-state index is 13.4. The van der Waals surface area contributed by atoms with E-state index in [2.05, 4.69) is 16.0 Å². The molecule has 0 aromatic carbocycles. The van der Waals surface area contributed by atoms with E-state index in [1.54, 1.807) is 0 Å². The van der Waals surface area contributed by atoms with E-state index < -0.39 is 16.4 Å². The standard InChI is InChI=1S/C8H19N4.CH3.ClH.4FH.Ti/c1-2-10-5-6-12-8-7-11-4-3-9-1;;;;;;;/h9-11H,1-8H2;1H3;5*1H;/q-1;;;;;;;+5/p-4. The van der Waals surface area contributed by atoms with Crippen molar-refractivity contribution in [2.75, 3.05) is 52.4 Å². The molecule has 0 aromatic heterocycles. The predicted octanol–water partition coefficient (Wildman–Crippen LogP) is 1.22. The molecule has 1 rings (SSSR count). The second-order valence-electron chi connectivity index (χ2n) is 4.98. The van der Waals surface area contributed by atoms with Crippen molar-refractivity contribution in [1.82, 2.24) is 19.3 Å². The van der Waals surface area contributed by atoms with Gasteiger partial charge in [-0.25, -0.2) is 0 Å². The zero-order valence-corrected chi connectivity index (χ0v) is 13.4. The first-order valence-electron chi connectivity index (χ1n) is 6.23. The van der Waals surface area contributed by atoms with Crippen LogP contribution in [0.2, 0.25) is 5.23 Å². The van der Waals surface area contributed by atoms with Crippen LogP contribution in [0.1, 0.15) is 0 Å². The second kappa shape index (κ2) is 6.55. The molecule has 10 heteroatoms. The van der Waals surface area contributed by atoms with Gasteiger partial charge in [-0.15, -0.1) is 12.4 Å². The molecule has 0 aromatic rings. The Morgan fingerprint density at radius 3 is 1.37 bits per heavy atom. The number of nitrogens with zero attached hydrogens (tertiary/aromatic N) is 1. The van der Waals surface area contributed by atoms with Gasteiger partial charge in [0, 0.05) is 0 Å². The monoisotopic (exact) mass is 346 g/mol. The Balaban J connectivity index is 0.00000324. The molecule has 0 saturated carbocycles. The quantitative estimate of drug-likeness (QED) is 0.493. The minimum absolute atomic E-state index is 0. The van der Waals surface area contributed by atoms with Crippen LogP contribution < -0.4 is 16.0 Å². The van der Waals surface area contributed by atoms with Crippen LogP contribution in [0.3, 0.4) is 0 Å². The third kappa shape index (κ3) is 8.44. The summed E-state index contributed by atoms with van der Waals surface area (Å²) < 4.78 is 53.8. The van der Waals surface area contributed by atoms with Gasteiger partial charge in [-0.3, -0.25) is 0 Å². The molecule has 1 aliphatic rings. The zero-order chi connectivity index (χ0) is 13.8. The van der Waals surface area contributed by atoms with Crippen LogP contribution in [0.15, 0.2) is 0 Å². The van der Waals surface area contributed by atoms with E-state index >= 15 is 0 Å². The number of nitrogens with one attached hydrogen (secondary N) is 3. The van der Waals surface area contributed by atoms with Crippen molar-refractivity contribution in [2.45, 2.75) is 5.23 Å². The summed E-state index contributed by atoms with van der Waals surface area (Å²) in [6, 6.07) is 0. The van der Waals surface area contributed by atoms with Crippen molar-refractivity contribution in [2.24, 2.45) is 0 Å². The third-order valence-corrected chi connectivity index (χ3v) is 6.05. The SMILES string of the molecule is Cl.[CH3][Ti]([F])([F])([F])([F])[N]1CCNCCNCCNCC1. The van der Waals surface area contributed by atoms with Crippen molar-refractivity contribution in [1.29, 1.82) is 0 Å². The molecule has 0 amide bonds. The van der Waals surface area contributed by atoms with Crippen LogP contribution in [0, 0.1) is 0 Å². The first kappa shape index (κ1) is 19.6. The van der Waals surface area contributed by atoms with Gasteiger partial charge < -0.3 is 0 Å². The van der Waals surface area contributed by atoms with Gasteiger partial charge in [-0.1, -0.05) is 0 Å². The Hall–Kier alpha value is 0.564. The molecule has 1 saturated heterocycles. The molecule has 0 bridgehead atoms. The molecule has 19 heavy (non-hydrogen) atoms. The van der Waals surface area contributed by atoms with E-state index in [9.17, 15) is 12.4 Å². The zero-order valence-electron chi connectivity index (χ0n) is 11.0. The first-order chi connectivity index (χ1) is 8.09. The fourth-order valence-electron chi connectivity index (χ4n) is 1.83. The van der Waals surface area contributed by atoms with Crippen molar-refractivity contribution in [3.63, 3.8) is 0 Å². The molecule has 0 unspecified atom stereocenters. The molecule has 0 radical (unpaired) electrons. The van der Waals surface area contributed by atoms with Gasteiger partial charge in [0.25, 0.3) is 0 Å². The summed E-state index contributed by atoms with van der Waals surface area (Å²) in [6.45, 7) is 2.17. The van der Waals surface area contributed by atoms with Gasteiger partial charge >= 0.3 is 106 Å². The van der Waals surface area contributed by atoms with Gasteiger partial charge in [0.1, 0.15) is 0 Å². The molecule has 1 fully saturated rings. The van der Waals surface area contributed by atoms with Gasteiger partial charge in [-0.2, -0.15) is 0 Å². The molecule has 4 nitrogen and oxygen atoms in total. The second-order valence-corrected chi connectivity index (χ2v) is 11.4. The average molecular weight is 347 g/mol. The van der Waals surface area contributed by atoms with E-state index in [4.69, 9.17) is 0 Å². The molecular weight excluding hydrogens is 323 g/mol. The molecular formula is C9H23ClF4N4Ti. The number of rotatable bonds is 1. The van der Waals surface area contributed by atoms with Crippen molar-refractivity contribution < 1.29 is 28.8 Å². The van der Waals surface area contributed by atoms with E-state index in [0.29, 0.717) is 26.2 Å². The van der Waals surface area contributed by atoms with Crippen LogP contribution in [0.5, 0.6) is 0 Å². The summed E-state index contributed by atoms with van der Waals surface area (Å²) >= 11 is -8.89. The third-order valence-electron chi connectivity index (χ3n) is 2.87. The van der Waals surface area contributed by atoms with Gasteiger partial charge in [-0.05, 0) is 0 Å². The van der Waals surface area contributed by atoms with Crippen molar-refractivity contribution in [3.05, 3.63) is 0 Å². The Morgan fingerprint density at radius 2 is 1.05 bits per heavy atom. The predicted molar refractivity (Wildman–Crippen MR) is 67.7 cm³/mol. The van der Waals surface area contributed by atoms with Crippen molar-refractivity contribution >= 4 is 12.4 Å². The average Bonchev–Trinajstić information content (AvgIpc) is 2.14. The maximum absolute atomic E-state index is 13.4. The Kier molecular flexibility index (Phi) is 6.75. The van der Waals surface area contributed by atoms with Crippen LogP contribution >= 0.6 is 12.4 Å². The summed E-state index contributed by atoms with van der Waals surface area (Å²) in [4.78, 5) is 0. The van der Waals surface area contributed by atoms with Crippen LogP contribution in [-0.2, 0) is 16.4 Å². The molecule has 1 heterocycles. The molecule has 1 aliphatic heterocycles. The molecule has 118 valence electrons. The van der Waals surface area contributed by atoms with Gasteiger partial charge in [0.05, 0.1) is 0 Å².